The fourth-order valence-electron chi connectivity index (χ4n) is 3.60. The fourth-order valence-corrected chi connectivity index (χ4v) is 3.75. The molecule has 3 aromatic heterocycles. The lowest BCUT2D eigenvalue weighted by Gasteiger charge is -2.38. The van der Waals surface area contributed by atoms with Gasteiger partial charge in [-0.15, -0.1) is 0 Å². The van der Waals surface area contributed by atoms with Gasteiger partial charge in [0.25, 0.3) is 5.91 Å². The maximum Gasteiger partial charge on any atom is 0.409 e. The lowest BCUT2D eigenvalue weighted by molar-refractivity contribution is -0.137. The highest BCUT2D eigenvalue weighted by Gasteiger charge is 2.36. The van der Waals surface area contributed by atoms with Crippen LogP contribution in [0.25, 0.3) is 22.4 Å². The van der Waals surface area contributed by atoms with Crippen molar-refractivity contribution in [3.05, 3.63) is 35.5 Å². The number of carbonyl (C=O) groups excluding carboxylic acids is 2. The van der Waals surface area contributed by atoms with Crippen LogP contribution in [0.1, 0.15) is 6.92 Å². The highest BCUT2D eigenvalue weighted by atomic mass is 35.5. The summed E-state index contributed by atoms with van der Waals surface area (Å²) in [6.07, 6.45) is 3.68. The minimum Gasteiger partial charge on any atom is -0.453 e. The van der Waals surface area contributed by atoms with Crippen LogP contribution in [0.2, 0.25) is 5.02 Å². The summed E-state index contributed by atoms with van der Waals surface area (Å²) in [5.74, 6) is -1.26. The molecule has 0 aliphatic carbocycles. The van der Waals surface area contributed by atoms with Crippen molar-refractivity contribution in [1.29, 1.82) is 0 Å². The highest BCUT2D eigenvalue weighted by molar-refractivity contribution is 6.31. The average molecular weight is 477 g/mol. The maximum absolute atomic E-state index is 14.5. The van der Waals surface area contributed by atoms with Crippen LogP contribution in [0.5, 0.6) is 0 Å². The van der Waals surface area contributed by atoms with Gasteiger partial charge in [-0.2, -0.15) is 0 Å². The lowest BCUT2D eigenvalue weighted by Crippen LogP contribution is -2.62. The predicted molar refractivity (Wildman–Crippen MR) is 119 cm³/mol. The fraction of sp³-hybridized carbons (Fsp3) is 0.350. The molecule has 0 saturated carbocycles. The number of fused-ring (bicyclic) bond motifs is 1. The molecule has 4 rings (SSSR count). The molecule has 0 radical (unpaired) electrons. The summed E-state index contributed by atoms with van der Waals surface area (Å²) in [6.45, 7) is 2.57. The molecule has 2 amide bonds. The number of nitrogens with zero attached hydrogens (tertiary/aromatic N) is 5. The van der Waals surface area contributed by atoms with Crippen molar-refractivity contribution in [1.82, 2.24) is 29.7 Å². The van der Waals surface area contributed by atoms with Crippen molar-refractivity contribution in [2.45, 2.75) is 12.6 Å². The number of piperazine rings is 1. The van der Waals surface area contributed by atoms with Crippen LogP contribution in [0.3, 0.4) is 0 Å². The molecule has 13 heteroatoms. The summed E-state index contributed by atoms with van der Waals surface area (Å²) in [7, 11) is 1.30. The van der Waals surface area contributed by atoms with Crippen LogP contribution < -0.4 is 11.1 Å². The average Bonchev–Trinajstić information content (AvgIpc) is 3.22. The molecule has 1 saturated heterocycles. The standard InChI is InChI=1S/C20H22ClFN8O3/c1-20(23,18(31)29-3-5-30(6-4-29)19(32)33-2)28-17-14(22)10-26-16(27-17)13-9-25-15-12(13)7-11(21)8-24-15/h7-10H,3-6,23H2,1-2H3,(H,24,25)(H,26,27,28)/t20-/m1/s1. The quantitative estimate of drug-likeness (QED) is 0.484. The third-order valence-electron chi connectivity index (χ3n) is 5.30. The number of anilines is 1. The van der Waals surface area contributed by atoms with Gasteiger partial charge < -0.3 is 30.6 Å². The zero-order chi connectivity index (χ0) is 23.8. The third-order valence-corrected chi connectivity index (χ3v) is 5.51. The smallest absolute Gasteiger partial charge is 0.409 e. The summed E-state index contributed by atoms with van der Waals surface area (Å²) in [6, 6.07) is 1.69. The Morgan fingerprint density at radius 3 is 2.64 bits per heavy atom. The molecule has 0 aromatic carbocycles. The number of methoxy groups -OCH3 is 1. The van der Waals surface area contributed by atoms with Crippen molar-refractivity contribution in [2.24, 2.45) is 5.73 Å². The van der Waals surface area contributed by atoms with E-state index in [1.54, 1.807) is 12.3 Å². The van der Waals surface area contributed by atoms with Crippen molar-refractivity contribution in [3.8, 4) is 11.4 Å². The van der Waals surface area contributed by atoms with E-state index in [0.29, 0.717) is 34.7 Å². The number of aromatic amines is 1. The van der Waals surface area contributed by atoms with Gasteiger partial charge in [-0.1, -0.05) is 11.6 Å². The number of amides is 2. The Morgan fingerprint density at radius 2 is 1.94 bits per heavy atom. The largest absolute Gasteiger partial charge is 0.453 e. The lowest BCUT2D eigenvalue weighted by atomic mass is 10.1. The second kappa shape index (κ2) is 8.79. The SMILES string of the molecule is COC(=O)N1CCN(C(=O)[C@](C)(N)Nc2nc(-c3c[nH]c4ncc(Cl)cc34)ncc2F)CC1. The van der Waals surface area contributed by atoms with E-state index in [0.717, 1.165) is 6.20 Å². The first-order chi connectivity index (χ1) is 15.7. The molecule has 0 spiro atoms. The van der Waals surface area contributed by atoms with Gasteiger partial charge in [-0.25, -0.2) is 24.1 Å². The van der Waals surface area contributed by atoms with Crippen LogP contribution in [-0.4, -0.2) is 80.7 Å². The third kappa shape index (κ3) is 4.52. The van der Waals surface area contributed by atoms with E-state index in [9.17, 15) is 14.0 Å². The van der Waals surface area contributed by atoms with Gasteiger partial charge in [0.2, 0.25) is 0 Å². The number of carbonyl (C=O) groups is 2. The number of nitrogens with two attached hydrogens (primary N) is 1. The van der Waals surface area contributed by atoms with E-state index in [1.807, 2.05) is 0 Å². The van der Waals surface area contributed by atoms with E-state index in [2.05, 4.69) is 25.3 Å². The Balaban J connectivity index is 1.54. The highest BCUT2D eigenvalue weighted by Crippen LogP contribution is 2.28. The number of rotatable bonds is 4. The number of H-pyrrole nitrogens is 1. The van der Waals surface area contributed by atoms with E-state index in [-0.39, 0.29) is 24.7 Å². The number of ether oxygens (including phenoxy) is 1. The summed E-state index contributed by atoms with van der Waals surface area (Å²) < 4.78 is 19.2. The van der Waals surface area contributed by atoms with Crippen LogP contribution in [-0.2, 0) is 9.53 Å². The normalized spacial score (nSPS) is 15.9. The summed E-state index contributed by atoms with van der Waals surface area (Å²) >= 11 is 6.05. The van der Waals surface area contributed by atoms with Crippen molar-refractivity contribution in [3.63, 3.8) is 0 Å². The topological polar surface area (TPSA) is 142 Å². The van der Waals surface area contributed by atoms with Gasteiger partial charge in [0.15, 0.2) is 23.1 Å². The molecule has 33 heavy (non-hydrogen) atoms. The number of nitrogens with one attached hydrogen (secondary N) is 2. The Bertz CT molecular complexity index is 1210. The molecule has 174 valence electrons. The van der Waals surface area contributed by atoms with Gasteiger partial charge in [0, 0.05) is 49.5 Å². The van der Waals surface area contributed by atoms with Crippen molar-refractivity contribution < 1.29 is 18.7 Å². The monoisotopic (exact) mass is 476 g/mol. The summed E-state index contributed by atoms with van der Waals surface area (Å²) in [4.78, 5) is 43.1. The minimum atomic E-state index is -1.66. The number of halogens is 2. The van der Waals surface area contributed by atoms with Gasteiger partial charge in [0.1, 0.15) is 5.65 Å². The van der Waals surface area contributed by atoms with E-state index in [4.69, 9.17) is 22.1 Å². The Kier molecular flexibility index (Phi) is 6.04. The first-order valence-electron chi connectivity index (χ1n) is 10.0. The molecule has 3 aromatic rings. The molecule has 0 unspecified atom stereocenters. The van der Waals surface area contributed by atoms with Crippen molar-refractivity contribution in [2.75, 3.05) is 38.6 Å². The zero-order valence-electron chi connectivity index (χ0n) is 17.9. The second-order valence-electron chi connectivity index (χ2n) is 7.72. The van der Waals surface area contributed by atoms with Gasteiger partial charge in [-0.3, -0.25) is 4.79 Å². The zero-order valence-corrected chi connectivity index (χ0v) is 18.7. The minimum absolute atomic E-state index is 0.198. The van der Waals surface area contributed by atoms with Crippen LogP contribution in [0.4, 0.5) is 15.0 Å². The molecular formula is C20H22ClFN8O3. The van der Waals surface area contributed by atoms with Crippen molar-refractivity contribution >= 4 is 40.5 Å². The Morgan fingerprint density at radius 1 is 1.24 bits per heavy atom. The van der Waals surface area contributed by atoms with Gasteiger partial charge in [0.05, 0.1) is 18.3 Å². The second-order valence-corrected chi connectivity index (χ2v) is 8.16. The maximum atomic E-state index is 14.5. The van der Waals surface area contributed by atoms with Gasteiger partial charge >= 0.3 is 6.09 Å². The Hall–Kier alpha value is -3.51. The Labute approximate surface area is 193 Å². The summed E-state index contributed by atoms with van der Waals surface area (Å²) in [5, 5.41) is 3.78. The molecule has 0 bridgehead atoms. The van der Waals surface area contributed by atoms with Gasteiger partial charge in [-0.05, 0) is 13.0 Å². The molecule has 1 aliphatic rings. The molecular weight excluding hydrogens is 455 g/mol. The molecule has 4 N–H and O–H groups in total. The van der Waals surface area contributed by atoms with E-state index >= 15 is 0 Å². The van der Waals surface area contributed by atoms with E-state index in [1.165, 1.54) is 30.0 Å². The van der Waals surface area contributed by atoms with Crippen LogP contribution in [0, 0.1) is 5.82 Å². The molecule has 1 fully saturated rings. The number of hydrogen-bond acceptors (Lipinski definition) is 8. The molecule has 1 aliphatic heterocycles. The first kappa shape index (κ1) is 22.7. The van der Waals surface area contributed by atoms with Crippen LogP contribution >= 0.6 is 11.6 Å². The predicted octanol–water partition coefficient (Wildman–Crippen LogP) is 1.81. The first-order valence-corrected chi connectivity index (χ1v) is 10.4. The summed E-state index contributed by atoms with van der Waals surface area (Å²) in [5.41, 5.74) is 5.69. The molecule has 1 atom stereocenters. The van der Waals surface area contributed by atoms with E-state index < -0.39 is 23.5 Å². The van der Waals surface area contributed by atoms with Crippen LogP contribution in [0.15, 0.2) is 24.7 Å². The number of hydrogen-bond donors (Lipinski definition) is 3. The molecule has 11 nitrogen and oxygen atoms in total. The molecule has 4 heterocycles. The number of aromatic nitrogens is 4. The number of pyridine rings is 1.